The van der Waals surface area contributed by atoms with Crippen LogP contribution in [0.1, 0.15) is 23.7 Å². The van der Waals surface area contributed by atoms with E-state index in [1.807, 2.05) is 18.2 Å². The van der Waals surface area contributed by atoms with E-state index in [-0.39, 0.29) is 0 Å². The third-order valence-electron chi connectivity index (χ3n) is 3.18. The highest BCUT2D eigenvalue weighted by Crippen LogP contribution is 2.34. The van der Waals surface area contributed by atoms with Gasteiger partial charge in [0, 0.05) is 35.2 Å². The Bertz CT molecular complexity index is 562. The zero-order chi connectivity index (χ0) is 13.1. The maximum atomic E-state index is 5.67. The van der Waals surface area contributed by atoms with Gasteiger partial charge in [-0.3, -0.25) is 0 Å². The quantitative estimate of drug-likeness (QED) is 0.945. The first-order valence-electron chi connectivity index (χ1n) is 6.23. The first kappa shape index (κ1) is 12.6. The van der Waals surface area contributed by atoms with E-state index >= 15 is 0 Å². The second-order valence-electron chi connectivity index (χ2n) is 4.45. The number of benzene rings is 1. The second kappa shape index (κ2) is 5.67. The highest BCUT2D eigenvalue weighted by Gasteiger charge is 2.21. The van der Waals surface area contributed by atoms with Crippen molar-refractivity contribution < 1.29 is 4.74 Å². The SMILES string of the molecule is Brc1ccc2c(c1)C(NCc1ccncn1)CCO2. The van der Waals surface area contributed by atoms with Crippen molar-refractivity contribution in [3.05, 3.63) is 52.5 Å². The molecule has 0 spiro atoms. The smallest absolute Gasteiger partial charge is 0.124 e. The maximum Gasteiger partial charge on any atom is 0.124 e. The van der Waals surface area contributed by atoms with Crippen LogP contribution in [0.2, 0.25) is 0 Å². The Kier molecular flexibility index (Phi) is 3.75. The third kappa shape index (κ3) is 2.93. The van der Waals surface area contributed by atoms with Gasteiger partial charge in [-0.15, -0.1) is 0 Å². The Morgan fingerprint density at radius 3 is 3.16 bits per heavy atom. The zero-order valence-electron chi connectivity index (χ0n) is 10.3. The number of halogens is 1. The van der Waals surface area contributed by atoms with Crippen molar-refractivity contribution in [2.45, 2.75) is 19.0 Å². The van der Waals surface area contributed by atoms with Gasteiger partial charge in [0.1, 0.15) is 12.1 Å². The van der Waals surface area contributed by atoms with Crippen molar-refractivity contribution >= 4 is 15.9 Å². The molecule has 0 bridgehead atoms. The molecule has 5 heteroatoms. The summed E-state index contributed by atoms with van der Waals surface area (Å²) < 4.78 is 6.75. The van der Waals surface area contributed by atoms with Gasteiger partial charge in [-0.25, -0.2) is 9.97 Å². The van der Waals surface area contributed by atoms with Crippen LogP contribution in [-0.2, 0) is 6.54 Å². The Morgan fingerprint density at radius 1 is 1.37 bits per heavy atom. The topological polar surface area (TPSA) is 47.0 Å². The number of hydrogen-bond donors (Lipinski definition) is 1. The van der Waals surface area contributed by atoms with Gasteiger partial charge in [-0.2, -0.15) is 0 Å². The Labute approximate surface area is 120 Å². The van der Waals surface area contributed by atoms with Gasteiger partial charge in [0.15, 0.2) is 0 Å². The number of nitrogens with one attached hydrogen (secondary N) is 1. The number of ether oxygens (including phenoxy) is 1. The van der Waals surface area contributed by atoms with E-state index in [0.29, 0.717) is 6.04 Å². The first-order valence-corrected chi connectivity index (χ1v) is 7.03. The molecular weight excluding hydrogens is 306 g/mol. The van der Waals surface area contributed by atoms with Crippen molar-refractivity contribution in [3.8, 4) is 5.75 Å². The molecule has 0 fully saturated rings. The largest absolute Gasteiger partial charge is 0.493 e. The van der Waals surface area contributed by atoms with E-state index < -0.39 is 0 Å². The number of nitrogens with zero attached hydrogens (tertiary/aromatic N) is 2. The minimum atomic E-state index is 0.302. The Balaban J connectivity index is 1.75. The molecule has 1 aliphatic heterocycles. The van der Waals surface area contributed by atoms with Crippen LogP contribution in [0.15, 0.2) is 41.3 Å². The van der Waals surface area contributed by atoms with E-state index in [1.165, 1.54) is 5.56 Å². The van der Waals surface area contributed by atoms with Crippen molar-refractivity contribution in [2.24, 2.45) is 0 Å². The predicted molar refractivity (Wildman–Crippen MR) is 75.9 cm³/mol. The molecule has 0 radical (unpaired) electrons. The van der Waals surface area contributed by atoms with Gasteiger partial charge in [-0.05, 0) is 24.3 Å². The van der Waals surface area contributed by atoms with Crippen LogP contribution in [0.4, 0.5) is 0 Å². The number of rotatable bonds is 3. The summed E-state index contributed by atoms with van der Waals surface area (Å²) in [6.45, 7) is 1.48. The Morgan fingerprint density at radius 2 is 2.32 bits per heavy atom. The molecule has 1 unspecified atom stereocenters. The molecule has 1 atom stereocenters. The molecule has 19 heavy (non-hydrogen) atoms. The van der Waals surface area contributed by atoms with Gasteiger partial charge < -0.3 is 10.1 Å². The van der Waals surface area contributed by atoms with Crippen LogP contribution in [0.25, 0.3) is 0 Å². The number of fused-ring (bicyclic) bond motifs is 1. The summed E-state index contributed by atoms with van der Waals surface area (Å²) >= 11 is 3.51. The second-order valence-corrected chi connectivity index (χ2v) is 5.37. The molecular formula is C14H14BrN3O. The van der Waals surface area contributed by atoms with Crippen LogP contribution in [-0.4, -0.2) is 16.6 Å². The molecule has 1 aromatic heterocycles. The monoisotopic (exact) mass is 319 g/mol. The van der Waals surface area contributed by atoms with Gasteiger partial charge in [0.25, 0.3) is 0 Å². The zero-order valence-corrected chi connectivity index (χ0v) is 11.9. The Hall–Kier alpha value is -1.46. The van der Waals surface area contributed by atoms with E-state index in [4.69, 9.17) is 4.74 Å². The lowest BCUT2D eigenvalue weighted by atomic mass is 10.0. The van der Waals surface area contributed by atoms with Crippen LogP contribution >= 0.6 is 15.9 Å². The fourth-order valence-corrected chi connectivity index (χ4v) is 2.61. The third-order valence-corrected chi connectivity index (χ3v) is 3.68. The molecule has 98 valence electrons. The number of aromatic nitrogens is 2. The van der Waals surface area contributed by atoms with E-state index in [2.05, 4.69) is 37.3 Å². The molecule has 0 saturated heterocycles. The molecule has 0 aliphatic carbocycles. The number of hydrogen-bond acceptors (Lipinski definition) is 4. The van der Waals surface area contributed by atoms with Crippen molar-refractivity contribution in [1.29, 1.82) is 0 Å². The normalized spacial score (nSPS) is 17.6. The van der Waals surface area contributed by atoms with Crippen LogP contribution in [0, 0.1) is 0 Å². The summed E-state index contributed by atoms with van der Waals surface area (Å²) in [5.41, 5.74) is 2.20. The fourth-order valence-electron chi connectivity index (χ4n) is 2.23. The van der Waals surface area contributed by atoms with E-state index in [0.717, 1.165) is 35.5 Å². The lowest BCUT2D eigenvalue weighted by Gasteiger charge is -2.27. The molecule has 1 N–H and O–H groups in total. The molecule has 0 saturated carbocycles. The highest BCUT2D eigenvalue weighted by molar-refractivity contribution is 9.10. The van der Waals surface area contributed by atoms with Crippen molar-refractivity contribution in [1.82, 2.24) is 15.3 Å². The summed E-state index contributed by atoms with van der Waals surface area (Å²) in [5, 5.41) is 3.53. The summed E-state index contributed by atoms with van der Waals surface area (Å²) in [5.74, 6) is 0.967. The predicted octanol–water partition coefficient (Wildman–Crippen LogP) is 2.85. The van der Waals surface area contributed by atoms with Crippen molar-refractivity contribution in [3.63, 3.8) is 0 Å². The average Bonchev–Trinajstić information content (AvgIpc) is 2.46. The lowest BCUT2D eigenvalue weighted by molar-refractivity contribution is 0.252. The molecule has 4 nitrogen and oxygen atoms in total. The summed E-state index contributed by atoms with van der Waals surface area (Å²) in [6.07, 6.45) is 4.30. The lowest BCUT2D eigenvalue weighted by Crippen LogP contribution is -2.27. The molecule has 0 amide bonds. The fraction of sp³-hybridized carbons (Fsp3) is 0.286. The van der Waals surface area contributed by atoms with Crippen LogP contribution in [0.3, 0.4) is 0 Å². The van der Waals surface area contributed by atoms with Gasteiger partial charge >= 0.3 is 0 Å². The standard InChI is InChI=1S/C14H14BrN3O/c15-10-1-2-14-12(7-10)13(4-6-19-14)17-8-11-3-5-16-9-18-11/h1-3,5,7,9,13,17H,4,6,8H2. The summed E-state index contributed by atoms with van der Waals surface area (Å²) in [7, 11) is 0. The van der Waals surface area contributed by atoms with Gasteiger partial charge in [-0.1, -0.05) is 15.9 Å². The molecule has 1 aliphatic rings. The minimum absolute atomic E-state index is 0.302. The highest BCUT2D eigenvalue weighted by atomic mass is 79.9. The van der Waals surface area contributed by atoms with E-state index in [1.54, 1.807) is 12.5 Å². The van der Waals surface area contributed by atoms with Crippen molar-refractivity contribution in [2.75, 3.05) is 6.61 Å². The minimum Gasteiger partial charge on any atom is -0.493 e. The van der Waals surface area contributed by atoms with Gasteiger partial charge in [0.2, 0.25) is 0 Å². The summed E-state index contributed by atoms with van der Waals surface area (Å²) in [6, 6.07) is 8.36. The molecule has 2 heterocycles. The molecule has 2 aromatic rings. The molecule has 3 rings (SSSR count). The van der Waals surface area contributed by atoms with Crippen LogP contribution in [0.5, 0.6) is 5.75 Å². The summed E-state index contributed by atoms with van der Waals surface area (Å²) in [4.78, 5) is 8.15. The van der Waals surface area contributed by atoms with Crippen LogP contribution < -0.4 is 10.1 Å². The first-order chi connectivity index (χ1) is 9.33. The maximum absolute atomic E-state index is 5.67. The molecule has 1 aromatic carbocycles. The van der Waals surface area contributed by atoms with Gasteiger partial charge in [0.05, 0.1) is 12.3 Å². The van der Waals surface area contributed by atoms with E-state index in [9.17, 15) is 0 Å². The average molecular weight is 320 g/mol.